The molecule has 1 heterocycles. The van der Waals surface area contributed by atoms with E-state index >= 15 is 4.79 Å². The van der Waals surface area contributed by atoms with E-state index in [2.05, 4.69) is 36.8 Å². The molecule has 9 atom stereocenters. The minimum absolute atomic E-state index is 0.0323. The second kappa shape index (κ2) is 15.2. The highest BCUT2D eigenvalue weighted by Gasteiger charge is 2.74. The Morgan fingerprint density at radius 1 is 0.900 bits per heavy atom. The minimum atomic E-state index is -4.81. The number of rotatable bonds is 13. The number of hydrogen-bond donors (Lipinski definition) is 3. The molecule has 0 amide bonds. The van der Waals surface area contributed by atoms with Crippen LogP contribution < -0.4 is 4.74 Å². The summed E-state index contributed by atoms with van der Waals surface area (Å²) in [7, 11) is 0. The molecule has 10 rings (SSSR count). The zero-order chi connectivity index (χ0) is 42.1. The summed E-state index contributed by atoms with van der Waals surface area (Å²) in [6.45, 7) is 5.57. The van der Waals surface area contributed by atoms with Crippen molar-refractivity contribution in [2.24, 2.45) is 33.5 Å². The number of aliphatic hydroxyl groups is 3. The average molecular weight is 842 g/mol. The average Bonchev–Trinajstić information content (AvgIpc) is 3.76. The van der Waals surface area contributed by atoms with Crippen LogP contribution in [0, 0.1) is 33.5 Å². The molecule has 0 aliphatic heterocycles. The Bertz CT molecular complexity index is 2260. The van der Waals surface area contributed by atoms with Gasteiger partial charge in [0, 0.05) is 46.2 Å². The van der Waals surface area contributed by atoms with Crippen LogP contribution in [0.25, 0.3) is 10.1 Å². The van der Waals surface area contributed by atoms with Crippen LogP contribution in [0.4, 0.5) is 13.2 Å². The van der Waals surface area contributed by atoms with Gasteiger partial charge in [-0.3, -0.25) is 9.69 Å². The minimum Gasteiger partial charge on any atom is -0.406 e. The number of benzene rings is 3. The first kappa shape index (κ1) is 41.5. The van der Waals surface area contributed by atoms with Gasteiger partial charge in [-0.2, -0.15) is 0 Å². The van der Waals surface area contributed by atoms with E-state index in [1.54, 1.807) is 12.1 Å². The molecule has 7 nitrogen and oxygen atoms in total. The highest BCUT2D eigenvalue weighted by molar-refractivity contribution is 7.21. The molecule has 3 aromatic carbocycles. The predicted octanol–water partition coefficient (Wildman–Crippen LogP) is 9.65. The number of allylic oxidation sites excluding steroid dienone is 4. The van der Waals surface area contributed by atoms with Gasteiger partial charge in [0.2, 0.25) is 0 Å². The molecule has 11 heteroatoms. The van der Waals surface area contributed by atoms with E-state index in [1.165, 1.54) is 23.5 Å². The summed E-state index contributed by atoms with van der Waals surface area (Å²) in [6.07, 6.45) is 5.57. The van der Waals surface area contributed by atoms with Crippen molar-refractivity contribution < 1.29 is 42.8 Å². The molecule has 3 fully saturated rings. The van der Waals surface area contributed by atoms with Crippen LogP contribution in [0.15, 0.2) is 109 Å². The van der Waals surface area contributed by atoms with E-state index in [4.69, 9.17) is 4.74 Å². The van der Waals surface area contributed by atoms with Gasteiger partial charge in [-0.1, -0.05) is 92.7 Å². The summed E-state index contributed by atoms with van der Waals surface area (Å²) in [4.78, 5) is 17.9. The first-order valence-corrected chi connectivity index (χ1v) is 22.1. The summed E-state index contributed by atoms with van der Waals surface area (Å²) in [5.41, 5.74) is -0.624. The zero-order valence-electron chi connectivity index (χ0n) is 34.2. The Morgan fingerprint density at radius 3 is 2.35 bits per heavy atom. The number of nitrogens with zero attached hydrogens (tertiary/aromatic N) is 1. The Labute approximate surface area is 353 Å². The number of halogens is 3. The van der Waals surface area contributed by atoms with Crippen molar-refractivity contribution in [1.29, 1.82) is 0 Å². The topological polar surface area (TPSA) is 99.5 Å². The van der Waals surface area contributed by atoms with Gasteiger partial charge in [-0.05, 0) is 103 Å². The molecule has 1 aromatic heterocycles. The lowest BCUT2D eigenvalue weighted by atomic mass is 9.32. The first-order chi connectivity index (χ1) is 28.6. The van der Waals surface area contributed by atoms with Crippen molar-refractivity contribution in [3.05, 3.63) is 125 Å². The van der Waals surface area contributed by atoms with E-state index in [1.807, 2.05) is 65.6 Å². The number of aliphatic hydroxyl groups excluding tert-OH is 2. The Hall–Kier alpha value is -3.84. The van der Waals surface area contributed by atoms with Crippen molar-refractivity contribution in [2.75, 3.05) is 19.7 Å². The monoisotopic (exact) mass is 841 g/mol. The van der Waals surface area contributed by atoms with Crippen LogP contribution in [0.5, 0.6) is 5.75 Å². The van der Waals surface area contributed by atoms with Gasteiger partial charge in [0.1, 0.15) is 5.75 Å². The van der Waals surface area contributed by atoms with Crippen molar-refractivity contribution in [3.8, 4) is 5.75 Å². The molecular weight excluding hydrogens is 788 g/mol. The van der Waals surface area contributed by atoms with Crippen LogP contribution in [0.2, 0.25) is 0 Å². The first-order valence-electron chi connectivity index (χ1n) is 21.3. The maximum absolute atomic E-state index is 15.2. The van der Waals surface area contributed by atoms with Crippen molar-refractivity contribution in [3.63, 3.8) is 0 Å². The number of carbonyl (C=O) groups is 1. The molecule has 6 aliphatic rings. The molecule has 2 spiro atoms. The SMILES string of the molecule is C[C@]12CC[C@H]3[C@]4(C=C[C@@]5(C=C4C(=O)c4cc6ccccc6s4)CC(O)CC[C@]35C)[C@@H]1CC[C@@]2(O)CN(Cc1ccc(OC(F)(F)F)cc1)C[C@@H](O)COCc1ccccc1. The van der Waals surface area contributed by atoms with Crippen LogP contribution in [-0.2, 0) is 17.9 Å². The highest BCUT2D eigenvalue weighted by Crippen LogP contribution is 2.78. The number of hydrogen-bond acceptors (Lipinski definition) is 8. The quantitative estimate of drug-likeness (QED) is 0.0912. The Kier molecular flexibility index (Phi) is 10.5. The van der Waals surface area contributed by atoms with E-state index < -0.39 is 40.4 Å². The van der Waals surface area contributed by atoms with Gasteiger partial charge >= 0.3 is 6.36 Å². The third kappa shape index (κ3) is 6.97. The van der Waals surface area contributed by atoms with Gasteiger partial charge in [-0.25, -0.2) is 0 Å². The van der Waals surface area contributed by atoms with Crippen molar-refractivity contribution in [2.45, 2.75) is 96.1 Å². The fraction of sp³-hybridized carbons (Fsp3) is 0.490. The van der Waals surface area contributed by atoms with Crippen LogP contribution in [0.3, 0.4) is 0 Å². The molecule has 2 bridgehead atoms. The van der Waals surface area contributed by atoms with Gasteiger partial charge in [-0.15, -0.1) is 24.5 Å². The number of alkyl halides is 3. The number of ketones is 1. The number of fused-ring (bicyclic) bond motifs is 2. The largest absolute Gasteiger partial charge is 0.573 e. The number of thiophene rings is 1. The van der Waals surface area contributed by atoms with Gasteiger partial charge in [0.25, 0.3) is 0 Å². The summed E-state index contributed by atoms with van der Waals surface area (Å²) >= 11 is 1.52. The summed E-state index contributed by atoms with van der Waals surface area (Å²) in [5, 5.41) is 36.8. The summed E-state index contributed by atoms with van der Waals surface area (Å²) < 4.78 is 50.1. The maximum atomic E-state index is 15.2. The number of Topliss-reactive ketones (excluding diaryl/α,β-unsaturated/α-hetero) is 1. The lowest BCUT2D eigenvalue weighted by Gasteiger charge is -2.71. The number of ether oxygens (including phenoxy) is 2. The zero-order valence-corrected chi connectivity index (χ0v) is 35.0. The maximum Gasteiger partial charge on any atom is 0.573 e. The molecule has 0 saturated heterocycles. The lowest BCUT2D eigenvalue weighted by molar-refractivity contribution is -0.274. The van der Waals surface area contributed by atoms with Crippen LogP contribution >= 0.6 is 11.3 Å². The molecule has 318 valence electrons. The van der Waals surface area contributed by atoms with Gasteiger partial charge in [0.05, 0.1) is 35.9 Å². The normalized spacial score (nSPS) is 33.6. The van der Waals surface area contributed by atoms with Gasteiger partial charge in [0.15, 0.2) is 5.78 Å². The molecule has 0 radical (unpaired) electrons. The third-order valence-electron chi connectivity index (χ3n) is 15.5. The fourth-order valence-electron chi connectivity index (χ4n) is 12.7. The summed E-state index contributed by atoms with van der Waals surface area (Å²) in [6, 6.07) is 25.5. The Balaban J connectivity index is 1.04. The molecule has 1 unspecified atom stereocenters. The predicted molar refractivity (Wildman–Crippen MR) is 225 cm³/mol. The molecule has 3 N–H and O–H groups in total. The van der Waals surface area contributed by atoms with Crippen molar-refractivity contribution in [1.82, 2.24) is 4.90 Å². The second-order valence-electron chi connectivity index (χ2n) is 18.8. The second-order valence-corrected chi connectivity index (χ2v) is 19.9. The smallest absolute Gasteiger partial charge is 0.406 e. The van der Waals surface area contributed by atoms with E-state index in [0.717, 1.165) is 40.5 Å². The van der Waals surface area contributed by atoms with E-state index in [0.29, 0.717) is 42.7 Å². The van der Waals surface area contributed by atoms with Gasteiger partial charge < -0.3 is 24.8 Å². The highest BCUT2D eigenvalue weighted by atomic mass is 32.1. The Morgan fingerprint density at radius 2 is 1.60 bits per heavy atom. The molecule has 3 saturated carbocycles. The standard InChI is InChI=1S/C49H54F3NO6S/c1-44-19-16-35(54)25-46(44)22-23-48(38(26-46)43(56)40-24-34-10-6-7-11-39(34)60-40)41(44)17-20-45(2)42(48)18-21-47(45,57)31-53(27-32-12-14-37(15-13-32)59-49(50,51)52)28-36(55)30-58-29-33-8-4-3-5-9-33/h3-15,22-24,26,35-36,41-42,54-55,57H,16-21,25,27-31H2,1-2H3/t35?,36-,41-,42-,44-,45+,46+,47-,48-/m1/s1. The van der Waals surface area contributed by atoms with Crippen molar-refractivity contribution >= 4 is 27.2 Å². The molecule has 4 aromatic rings. The lowest BCUT2D eigenvalue weighted by Crippen LogP contribution is -2.67. The van der Waals surface area contributed by atoms with E-state index in [9.17, 15) is 28.5 Å². The van der Waals surface area contributed by atoms with E-state index in [-0.39, 0.29) is 55.0 Å². The van der Waals surface area contributed by atoms with Crippen LogP contribution in [0.1, 0.15) is 79.6 Å². The third-order valence-corrected chi connectivity index (χ3v) is 16.7. The van der Waals surface area contributed by atoms with Crippen LogP contribution in [-0.4, -0.2) is 69.9 Å². The number of carbonyl (C=O) groups excluding carboxylic acids is 1. The molecular formula is C49H54F3NO6S. The molecule has 6 aliphatic carbocycles. The summed E-state index contributed by atoms with van der Waals surface area (Å²) in [5.74, 6) is -0.222. The molecule has 60 heavy (non-hydrogen) atoms. The fourth-order valence-corrected chi connectivity index (χ4v) is 13.7.